The van der Waals surface area contributed by atoms with Gasteiger partial charge in [-0.3, -0.25) is 0 Å². The van der Waals surface area contributed by atoms with Gasteiger partial charge in [-0.05, 0) is 126 Å². The molecule has 9 aromatic rings. The summed E-state index contributed by atoms with van der Waals surface area (Å²) in [6, 6.07) is 65.7. The normalized spacial score (nSPS) is 15.7. The first kappa shape index (κ1) is 34.9. The third-order valence-corrected chi connectivity index (χ3v) is 21.8. The van der Waals surface area contributed by atoms with Crippen molar-refractivity contribution in [3.63, 3.8) is 0 Å². The lowest BCUT2D eigenvalue weighted by molar-refractivity contribution is 0.660. The van der Waals surface area contributed by atoms with E-state index >= 15 is 0 Å². The van der Waals surface area contributed by atoms with Crippen molar-refractivity contribution in [3.8, 4) is 66.8 Å². The first-order valence-corrected chi connectivity index (χ1v) is 27.3. The molecule has 0 radical (unpaired) electrons. The largest absolute Gasteiger partial charge is 0.113 e. The summed E-state index contributed by atoms with van der Waals surface area (Å²) in [4.78, 5) is 0. The Balaban J connectivity index is 1.23. The molecule has 0 atom stereocenters. The van der Waals surface area contributed by atoms with Crippen molar-refractivity contribution in [1.29, 1.82) is 0 Å². The molecule has 0 saturated heterocycles. The fraction of sp³-hybridized carbons (Fsp3) is 0.123. The molecule has 282 valence electrons. The molecule has 59 heavy (non-hydrogen) atoms. The van der Waals surface area contributed by atoms with Gasteiger partial charge >= 0.3 is 0 Å². The van der Waals surface area contributed by atoms with Gasteiger partial charge in [-0.1, -0.05) is 204 Å². The summed E-state index contributed by atoms with van der Waals surface area (Å²) < 4.78 is 0. The molecule has 2 aliphatic heterocycles. The lowest BCUT2D eigenvalue weighted by Crippen LogP contribution is -2.49. The Hall–Kier alpha value is -6.07. The Morgan fingerprint density at radius 1 is 0.288 bits per heavy atom. The van der Waals surface area contributed by atoms with Gasteiger partial charge in [-0.15, -0.1) is 0 Å². The van der Waals surface area contributed by atoms with Crippen molar-refractivity contribution < 1.29 is 0 Å². The predicted octanol–water partition coefficient (Wildman–Crippen LogP) is 12.9. The second-order valence-electron chi connectivity index (χ2n) is 18.7. The monoisotopic (exact) mass is 786 g/mol. The van der Waals surface area contributed by atoms with Crippen LogP contribution < -0.4 is 20.7 Å². The maximum absolute atomic E-state index is 2.56. The third-order valence-electron chi connectivity index (χ3n) is 14.7. The van der Waals surface area contributed by atoms with Gasteiger partial charge in [-0.25, -0.2) is 0 Å². The summed E-state index contributed by atoms with van der Waals surface area (Å²) in [5.74, 6) is 0. The first-order valence-electron chi connectivity index (χ1n) is 21.3. The van der Waals surface area contributed by atoms with Gasteiger partial charge in [0.15, 0.2) is 0 Å². The van der Waals surface area contributed by atoms with Crippen LogP contribution in [0.3, 0.4) is 0 Å². The van der Waals surface area contributed by atoms with Gasteiger partial charge in [0, 0.05) is 5.41 Å². The van der Waals surface area contributed by atoms with E-state index < -0.39 is 16.1 Å². The number of rotatable bonds is 3. The second kappa shape index (κ2) is 12.0. The molecule has 1 aliphatic carbocycles. The maximum Gasteiger partial charge on any atom is 0.113 e. The number of fused-ring (bicyclic) bond motifs is 11. The van der Waals surface area contributed by atoms with E-state index in [4.69, 9.17) is 0 Å². The van der Waals surface area contributed by atoms with Crippen LogP contribution in [0.5, 0.6) is 0 Å². The lowest BCUT2D eigenvalue weighted by atomic mass is 9.80. The summed E-state index contributed by atoms with van der Waals surface area (Å²) in [6.45, 7) is 14.9. The van der Waals surface area contributed by atoms with E-state index in [1.807, 2.05) is 0 Å². The van der Waals surface area contributed by atoms with Crippen LogP contribution in [0.15, 0.2) is 170 Å². The number of benzene rings is 9. The zero-order valence-electron chi connectivity index (χ0n) is 34.7. The average Bonchev–Trinajstić information content (AvgIpc) is 3.75. The molecule has 0 spiro atoms. The summed E-state index contributed by atoms with van der Waals surface area (Å²) in [7, 11) is -3.76. The first-order chi connectivity index (χ1) is 28.6. The van der Waals surface area contributed by atoms with Crippen LogP contribution >= 0.6 is 0 Å². The minimum atomic E-state index is -1.88. The molecule has 0 aromatic heterocycles. The zero-order valence-corrected chi connectivity index (χ0v) is 36.7. The van der Waals surface area contributed by atoms with Crippen molar-refractivity contribution in [3.05, 3.63) is 181 Å². The topological polar surface area (TPSA) is 0 Å². The Bertz CT molecular complexity index is 3140. The van der Waals surface area contributed by atoms with Crippen molar-refractivity contribution in [2.75, 3.05) is 0 Å². The summed E-state index contributed by atoms with van der Waals surface area (Å²) in [5.41, 5.74) is 19.1. The molecule has 2 heterocycles. The molecule has 0 nitrogen and oxygen atoms in total. The Morgan fingerprint density at radius 3 is 1.24 bits per heavy atom. The quantitative estimate of drug-likeness (QED) is 0.124. The van der Waals surface area contributed by atoms with Crippen LogP contribution in [-0.4, -0.2) is 16.1 Å². The molecule has 3 aliphatic rings. The Kier molecular flexibility index (Phi) is 7.11. The molecule has 0 N–H and O–H groups in total. The molecular formula is C57H46Si2. The van der Waals surface area contributed by atoms with E-state index in [0.717, 1.165) is 0 Å². The Labute approximate surface area is 349 Å². The predicted molar refractivity (Wildman–Crippen MR) is 260 cm³/mol. The standard InChI is InChI=1S/C57H46Si2/c1-57(2)47-28-10-7-18-41(47)54-44(27-15-29-48(54)57)53-39-23-13-21-35(37-25-16-32-51-55(37)42-19-8-11-30-49(42)58(51,3)4)45(39)34-46-36(22-14-24-40(46)53)38-26-17-33-52-56(38)43-20-9-12-31-50(43)59(52,5)6/h7-34H,1-6H3. The van der Waals surface area contributed by atoms with Gasteiger partial charge in [-0.2, -0.15) is 0 Å². The van der Waals surface area contributed by atoms with Crippen LogP contribution in [0.25, 0.3) is 88.3 Å². The smallest absolute Gasteiger partial charge is 0.0623 e. The fourth-order valence-corrected chi connectivity index (χ4v) is 18.0. The molecule has 0 bridgehead atoms. The molecule has 2 heteroatoms. The van der Waals surface area contributed by atoms with Gasteiger partial charge in [0.1, 0.15) is 16.1 Å². The molecule has 0 fully saturated rings. The van der Waals surface area contributed by atoms with Crippen molar-refractivity contribution in [2.24, 2.45) is 0 Å². The average molecular weight is 787 g/mol. The van der Waals surface area contributed by atoms with E-state index in [1.54, 1.807) is 20.7 Å². The zero-order chi connectivity index (χ0) is 40.0. The van der Waals surface area contributed by atoms with Gasteiger partial charge in [0.2, 0.25) is 0 Å². The van der Waals surface area contributed by atoms with Crippen molar-refractivity contribution in [1.82, 2.24) is 0 Å². The Morgan fingerprint density at radius 2 is 0.678 bits per heavy atom. The molecule has 0 amide bonds. The van der Waals surface area contributed by atoms with Crippen LogP contribution in [0, 0.1) is 0 Å². The van der Waals surface area contributed by atoms with E-state index in [-0.39, 0.29) is 5.41 Å². The van der Waals surface area contributed by atoms with E-state index in [0.29, 0.717) is 0 Å². The van der Waals surface area contributed by atoms with Crippen LogP contribution in [0.4, 0.5) is 0 Å². The van der Waals surface area contributed by atoms with E-state index in [1.165, 1.54) is 99.4 Å². The molecule has 9 aromatic carbocycles. The van der Waals surface area contributed by atoms with E-state index in [9.17, 15) is 0 Å². The molecule has 0 saturated carbocycles. The second-order valence-corrected chi connectivity index (χ2v) is 27.4. The number of hydrogen-bond donors (Lipinski definition) is 0. The van der Waals surface area contributed by atoms with Gasteiger partial charge in [0.05, 0.1) is 0 Å². The minimum Gasteiger partial charge on any atom is -0.0623 e. The summed E-state index contributed by atoms with van der Waals surface area (Å²) >= 11 is 0. The van der Waals surface area contributed by atoms with Gasteiger partial charge < -0.3 is 0 Å². The fourth-order valence-electron chi connectivity index (χ4n) is 11.8. The maximum atomic E-state index is 2.56. The highest BCUT2D eigenvalue weighted by atomic mass is 28.3. The highest BCUT2D eigenvalue weighted by molar-refractivity contribution is 7.04. The minimum absolute atomic E-state index is 0.0952. The highest BCUT2D eigenvalue weighted by Crippen LogP contribution is 2.55. The molecular weight excluding hydrogens is 741 g/mol. The highest BCUT2D eigenvalue weighted by Gasteiger charge is 2.41. The number of hydrogen-bond acceptors (Lipinski definition) is 0. The summed E-state index contributed by atoms with van der Waals surface area (Å²) in [5, 5.41) is 11.4. The van der Waals surface area contributed by atoms with E-state index in [2.05, 4.69) is 210 Å². The van der Waals surface area contributed by atoms with Crippen molar-refractivity contribution >= 4 is 58.4 Å². The molecule has 0 unspecified atom stereocenters. The van der Waals surface area contributed by atoms with Crippen LogP contribution in [0.1, 0.15) is 25.0 Å². The van der Waals surface area contributed by atoms with Crippen molar-refractivity contribution in [2.45, 2.75) is 45.5 Å². The van der Waals surface area contributed by atoms with Crippen LogP contribution in [-0.2, 0) is 5.41 Å². The lowest BCUT2D eigenvalue weighted by Gasteiger charge is -2.23. The van der Waals surface area contributed by atoms with Gasteiger partial charge in [0.25, 0.3) is 0 Å². The SMILES string of the molecule is CC1(C)c2ccccc2-c2c(-c3c4cccc(-c5cccc6c5-c5ccccc5[Si]6(C)C)c4cc4c(-c5cccc6c5-c5ccccc5[Si]6(C)C)cccc34)cccc21. The third kappa shape index (κ3) is 4.54. The summed E-state index contributed by atoms with van der Waals surface area (Å²) in [6.07, 6.45) is 0. The van der Waals surface area contributed by atoms with Crippen LogP contribution in [0.2, 0.25) is 26.2 Å². The molecule has 12 rings (SSSR count).